The molecule has 0 fully saturated rings. The van der Waals surface area contributed by atoms with Gasteiger partial charge in [0.05, 0.1) is 17.1 Å². The Morgan fingerprint density at radius 3 is 2.90 bits per heavy atom. The zero-order valence-corrected chi connectivity index (χ0v) is 11.3. The lowest BCUT2D eigenvalue weighted by atomic mass is 10.2. The minimum absolute atomic E-state index is 0.212. The van der Waals surface area contributed by atoms with Crippen molar-refractivity contribution in [3.8, 4) is 0 Å². The van der Waals surface area contributed by atoms with E-state index in [9.17, 15) is 9.18 Å². The molecule has 3 aromatic rings. The van der Waals surface area contributed by atoms with Crippen molar-refractivity contribution in [1.29, 1.82) is 0 Å². The van der Waals surface area contributed by atoms with Gasteiger partial charge in [0.15, 0.2) is 0 Å². The molecule has 0 saturated heterocycles. The van der Waals surface area contributed by atoms with Gasteiger partial charge in [-0.05, 0) is 30.3 Å². The number of rotatable bonds is 3. The topological polar surface area (TPSA) is 42.0 Å². The maximum atomic E-state index is 13.6. The van der Waals surface area contributed by atoms with Crippen LogP contribution >= 0.6 is 11.3 Å². The number of thiophene rings is 1. The third kappa shape index (κ3) is 2.53. The monoisotopic (exact) mass is 286 g/mol. The van der Waals surface area contributed by atoms with Crippen molar-refractivity contribution in [3.63, 3.8) is 0 Å². The fourth-order valence-corrected chi connectivity index (χ4v) is 2.89. The summed E-state index contributed by atoms with van der Waals surface area (Å²) in [5.74, 6) is -0.515. The Hall–Kier alpha value is -2.27. The molecule has 1 N–H and O–H groups in total. The first-order valence-electron chi connectivity index (χ1n) is 6.10. The summed E-state index contributed by atoms with van der Waals surface area (Å²) in [6.07, 6.45) is 1.68. The summed E-state index contributed by atoms with van der Waals surface area (Å²) in [5.41, 5.74) is 0.785. The molecule has 3 rings (SSSR count). The first-order chi connectivity index (χ1) is 9.74. The molecule has 1 aromatic carbocycles. The second-order valence-corrected chi connectivity index (χ2v) is 5.35. The smallest absolute Gasteiger partial charge is 0.261 e. The molecule has 0 radical (unpaired) electrons. The number of hydrogen-bond donors (Lipinski definition) is 1. The molecule has 0 aliphatic rings. The fourth-order valence-electron chi connectivity index (χ4n) is 1.90. The number of nitrogens with zero attached hydrogens (tertiary/aromatic N) is 1. The molecule has 2 heterocycles. The van der Waals surface area contributed by atoms with Crippen LogP contribution in [0.5, 0.6) is 0 Å². The van der Waals surface area contributed by atoms with Crippen molar-refractivity contribution in [2.45, 2.75) is 6.54 Å². The summed E-state index contributed by atoms with van der Waals surface area (Å²) < 4.78 is 14.3. The quantitative estimate of drug-likeness (QED) is 0.802. The number of benzene rings is 1. The molecule has 0 aliphatic heterocycles. The minimum Gasteiger partial charge on any atom is -0.346 e. The van der Waals surface area contributed by atoms with Gasteiger partial charge in [0.2, 0.25) is 0 Å². The largest absolute Gasteiger partial charge is 0.346 e. The third-order valence-corrected chi connectivity index (χ3v) is 3.99. The number of nitrogens with one attached hydrogen (secondary N) is 1. The molecule has 3 nitrogen and oxygen atoms in total. The number of carbonyl (C=O) groups excluding carboxylic acids is 1. The molecule has 0 saturated carbocycles. The van der Waals surface area contributed by atoms with Crippen LogP contribution in [0.3, 0.4) is 0 Å². The Kier molecular flexibility index (Phi) is 3.43. The van der Waals surface area contributed by atoms with E-state index in [0.717, 1.165) is 10.4 Å². The van der Waals surface area contributed by atoms with Crippen molar-refractivity contribution >= 4 is 27.3 Å². The van der Waals surface area contributed by atoms with Gasteiger partial charge in [0, 0.05) is 16.3 Å². The SMILES string of the molecule is O=C(NCc1ccccn1)c1cc2c(F)cccc2s1. The van der Waals surface area contributed by atoms with Crippen LogP contribution in [0.1, 0.15) is 15.4 Å². The van der Waals surface area contributed by atoms with Gasteiger partial charge in [0.1, 0.15) is 5.82 Å². The van der Waals surface area contributed by atoms with Crippen LogP contribution in [-0.2, 0) is 6.54 Å². The third-order valence-electron chi connectivity index (χ3n) is 2.89. The summed E-state index contributed by atoms with van der Waals surface area (Å²) in [4.78, 5) is 16.7. The molecule has 0 atom stereocenters. The van der Waals surface area contributed by atoms with E-state index in [4.69, 9.17) is 0 Å². The summed E-state index contributed by atoms with van der Waals surface area (Å²) >= 11 is 1.28. The van der Waals surface area contributed by atoms with Crippen LogP contribution in [0.15, 0.2) is 48.7 Å². The van der Waals surface area contributed by atoms with Crippen molar-refractivity contribution in [2.75, 3.05) is 0 Å². The van der Waals surface area contributed by atoms with Gasteiger partial charge >= 0.3 is 0 Å². The maximum absolute atomic E-state index is 13.6. The predicted octanol–water partition coefficient (Wildman–Crippen LogP) is 3.37. The van der Waals surface area contributed by atoms with Crippen molar-refractivity contribution in [3.05, 3.63) is 65.0 Å². The van der Waals surface area contributed by atoms with Crippen molar-refractivity contribution < 1.29 is 9.18 Å². The normalized spacial score (nSPS) is 10.7. The van der Waals surface area contributed by atoms with Crippen LogP contribution in [0, 0.1) is 5.82 Å². The lowest BCUT2D eigenvalue weighted by Crippen LogP contribution is -2.22. The van der Waals surface area contributed by atoms with E-state index in [0.29, 0.717) is 16.8 Å². The first kappa shape index (κ1) is 12.7. The van der Waals surface area contributed by atoms with Gasteiger partial charge in [-0.2, -0.15) is 0 Å². The van der Waals surface area contributed by atoms with E-state index < -0.39 is 0 Å². The Morgan fingerprint density at radius 2 is 2.15 bits per heavy atom. The maximum Gasteiger partial charge on any atom is 0.261 e. The summed E-state index contributed by atoms with van der Waals surface area (Å²) in [6.45, 7) is 0.358. The molecule has 100 valence electrons. The van der Waals surface area contributed by atoms with E-state index in [2.05, 4.69) is 10.3 Å². The number of fused-ring (bicyclic) bond motifs is 1. The highest BCUT2D eigenvalue weighted by atomic mass is 32.1. The van der Waals surface area contributed by atoms with Crippen LogP contribution in [0.4, 0.5) is 4.39 Å². The van der Waals surface area contributed by atoms with E-state index in [1.807, 2.05) is 18.2 Å². The zero-order chi connectivity index (χ0) is 13.9. The van der Waals surface area contributed by atoms with Crippen LogP contribution in [-0.4, -0.2) is 10.9 Å². The predicted molar refractivity (Wildman–Crippen MR) is 77.2 cm³/mol. The van der Waals surface area contributed by atoms with E-state index in [1.165, 1.54) is 17.4 Å². The highest BCUT2D eigenvalue weighted by Gasteiger charge is 2.12. The van der Waals surface area contributed by atoms with E-state index >= 15 is 0 Å². The molecule has 0 bridgehead atoms. The molecule has 20 heavy (non-hydrogen) atoms. The Bertz CT molecular complexity index is 755. The van der Waals surface area contributed by atoms with Gasteiger partial charge in [-0.3, -0.25) is 9.78 Å². The number of amides is 1. The first-order valence-corrected chi connectivity index (χ1v) is 6.92. The number of hydrogen-bond acceptors (Lipinski definition) is 3. The van der Waals surface area contributed by atoms with Gasteiger partial charge in [0.25, 0.3) is 5.91 Å². The van der Waals surface area contributed by atoms with Crippen molar-refractivity contribution in [1.82, 2.24) is 10.3 Å². The van der Waals surface area contributed by atoms with Crippen molar-refractivity contribution in [2.24, 2.45) is 0 Å². The molecular weight excluding hydrogens is 275 g/mol. The van der Waals surface area contributed by atoms with Gasteiger partial charge < -0.3 is 5.32 Å². The van der Waals surface area contributed by atoms with Crippen LogP contribution in [0.2, 0.25) is 0 Å². The molecular formula is C15H11FN2OS. The number of aromatic nitrogens is 1. The summed E-state index contributed by atoms with van der Waals surface area (Å²) in [7, 11) is 0. The second-order valence-electron chi connectivity index (χ2n) is 4.27. The molecule has 0 unspecified atom stereocenters. The van der Waals surface area contributed by atoms with E-state index in [1.54, 1.807) is 24.4 Å². The molecule has 2 aromatic heterocycles. The highest BCUT2D eigenvalue weighted by Crippen LogP contribution is 2.27. The van der Waals surface area contributed by atoms with E-state index in [-0.39, 0.29) is 11.7 Å². The van der Waals surface area contributed by atoms with Gasteiger partial charge in [-0.25, -0.2) is 4.39 Å². The summed E-state index contributed by atoms with van der Waals surface area (Å²) in [5, 5.41) is 3.27. The standard InChI is InChI=1S/C15H11FN2OS/c16-12-5-3-6-13-11(12)8-14(20-13)15(19)18-9-10-4-1-2-7-17-10/h1-8H,9H2,(H,18,19). The van der Waals surface area contributed by atoms with Gasteiger partial charge in [-0.15, -0.1) is 11.3 Å². The Balaban J connectivity index is 1.77. The fraction of sp³-hybridized carbons (Fsp3) is 0.0667. The number of pyridine rings is 1. The lowest BCUT2D eigenvalue weighted by molar-refractivity contribution is 0.0954. The van der Waals surface area contributed by atoms with Crippen LogP contribution in [0.25, 0.3) is 10.1 Å². The van der Waals surface area contributed by atoms with Crippen LogP contribution < -0.4 is 5.32 Å². The average Bonchev–Trinajstić information content (AvgIpc) is 2.91. The molecule has 5 heteroatoms. The van der Waals surface area contributed by atoms with Gasteiger partial charge in [-0.1, -0.05) is 12.1 Å². The Morgan fingerprint density at radius 1 is 1.25 bits per heavy atom. The zero-order valence-electron chi connectivity index (χ0n) is 10.5. The second kappa shape index (κ2) is 5.38. The number of halogens is 1. The Labute approximate surface area is 119 Å². The minimum atomic E-state index is -0.303. The molecule has 1 amide bonds. The molecule has 0 spiro atoms. The highest BCUT2D eigenvalue weighted by molar-refractivity contribution is 7.20. The summed E-state index contributed by atoms with van der Waals surface area (Å²) in [6, 6.07) is 11.9. The molecule has 0 aliphatic carbocycles. The average molecular weight is 286 g/mol. The number of carbonyl (C=O) groups is 1. The lowest BCUT2D eigenvalue weighted by Gasteiger charge is -2.02.